The minimum Gasteiger partial charge on any atom is -0.496 e. The van der Waals surface area contributed by atoms with E-state index in [9.17, 15) is 0 Å². The van der Waals surface area contributed by atoms with Gasteiger partial charge in [0.1, 0.15) is 5.75 Å². The van der Waals surface area contributed by atoms with Gasteiger partial charge >= 0.3 is 0 Å². The Morgan fingerprint density at radius 3 is 2.79 bits per heavy atom. The number of rotatable bonds is 7. The van der Waals surface area contributed by atoms with Crippen molar-refractivity contribution < 1.29 is 4.74 Å². The van der Waals surface area contributed by atoms with E-state index >= 15 is 0 Å². The third-order valence-electron chi connectivity index (χ3n) is 3.69. The minimum atomic E-state index is 0.782. The van der Waals surface area contributed by atoms with Gasteiger partial charge in [0.15, 0.2) is 0 Å². The molecule has 0 heterocycles. The van der Waals surface area contributed by atoms with E-state index in [1.165, 1.54) is 43.4 Å². The summed E-state index contributed by atoms with van der Waals surface area (Å²) >= 11 is 1.89. The smallest absolute Gasteiger partial charge is 0.132 e. The molecule has 3 heteroatoms. The molecule has 0 aliphatic heterocycles. The first-order chi connectivity index (χ1) is 9.40. The summed E-state index contributed by atoms with van der Waals surface area (Å²) in [5.74, 6) is 2.15. The van der Waals surface area contributed by atoms with Crippen molar-refractivity contribution in [2.24, 2.45) is 0 Å². The quantitative estimate of drug-likeness (QED) is 0.600. The summed E-state index contributed by atoms with van der Waals surface area (Å²) in [6, 6.07) is 9.05. The van der Waals surface area contributed by atoms with E-state index in [0.717, 1.165) is 24.1 Å². The predicted molar refractivity (Wildman–Crippen MR) is 83.2 cm³/mol. The fourth-order valence-corrected chi connectivity index (χ4v) is 3.58. The fraction of sp³-hybridized carbons (Fsp3) is 0.625. The van der Waals surface area contributed by atoms with Gasteiger partial charge in [-0.1, -0.05) is 31.4 Å². The molecule has 0 spiro atoms. The van der Waals surface area contributed by atoms with Crippen molar-refractivity contribution in [3.05, 3.63) is 24.3 Å². The Labute approximate surface area is 121 Å². The summed E-state index contributed by atoms with van der Waals surface area (Å²) in [7, 11) is 1.74. The van der Waals surface area contributed by atoms with Crippen LogP contribution in [0.4, 0.5) is 0 Å². The largest absolute Gasteiger partial charge is 0.496 e. The standard InChI is InChI=1S/C16H25NOS/c1-18-15-10-5-6-11-16(15)19-13-7-12-17-14-8-3-2-4-9-14/h5-6,10-11,14,17H,2-4,7-9,12-13H2,1H3. The Hall–Kier alpha value is -0.670. The van der Waals surface area contributed by atoms with Crippen molar-refractivity contribution in [1.82, 2.24) is 5.32 Å². The van der Waals surface area contributed by atoms with Gasteiger partial charge in [-0.15, -0.1) is 11.8 Å². The number of hydrogen-bond acceptors (Lipinski definition) is 3. The molecule has 1 aliphatic rings. The molecule has 0 radical (unpaired) electrons. The lowest BCUT2D eigenvalue weighted by Gasteiger charge is -2.22. The van der Waals surface area contributed by atoms with Crippen LogP contribution in [-0.4, -0.2) is 25.4 Å². The van der Waals surface area contributed by atoms with Gasteiger partial charge in [0.25, 0.3) is 0 Å². The van der Waals surface area contributed by atoms with Gasteiger partial charge in [-0.3, -0.25) is 0 Å². The number of benzene rings is 1. The molecule has 0 bridgehead atoms. The summed E-state index contributed by atoms with van der Waals surface area (Å²) in [5, 5.41) is 3.69. The van der Waals surface area contributed by atoms with E-state index in [2.05, 4.69) is 17.4 Å². The fourth-order valence-electron chi connectivity index (χ4n) is 2.61. The van der Waals surface area contributed by atoms with E-state index < -0.39 is 0 Å². The third kappa shape index (κ3) is 5.07. The summed E-state index contributed by atoms with van der Waals surface area (Å²) < 4.78 is 5.36. The number of thioether (sulfide) groups is 1. The molecule has 1 saturated carbocycles. The molecule has 1 aromatic carbocycles. The zero-order valence-electron chi connectivity index (χ0n) is 11.9. The maximum atomic E-state index is 5.36. The van der Waals surface area contributed by atoms with Crippen LogP contribution in [-0.2, 0) is 0 Å². The summed E-state index contributed by atoms with van der Waals surface area (Å²) in [6.07, 6.45) is 8.22. The maximum Gasteiger partial charge on any atom is 0.132 e. The molecule has 19 heavy (non-hydrogen) atoms. The Balaban J connectivity index is 1.61. The highest BCUT2D eigenvalue weighted by molar-refractivity contribution is 7.99. The van der Waals surface area contributed by atoms with Crippen LogP contribution < -0.4 is 10.1 Å². The van der Waals surface area contributed by atoms with Gasteiger partial charge in [0, 0.05) is 10.9 Å². The average Bonchev–Trinajstić information content (AvgIpc) is 2.48. The molecule has 0 saturated heterocycles. The highest BCUT2D eigenvalue weighted by atomic mass is 32.2. The number of ether oxygens (including phenoxy) is 1. The maximum absolute atomic E-state index is 5.36. The Morgan fingerprint density at radius 2 is 2.00 bits per heavy atom. The Morgan fingerprint density at radius 1 is 1.21 bits per heavy atom. The molecule has 1 aromatic rings. The minimum absolute atomic E-state index is 0.782. The zero-order valence-corrected chi connectivity index (χ0v) is 12.7. The lowest BCUT2D eigenvalue weighted by Crippen LogP contribution is -2.31. The van der Waals surface area contributed by atoms with E-state index in [1.54, 1.807) is 7.11 Å². The molecule has 0 unspecified atom stereocenters. The molecular formula is C16H25NOS. The number of nitrogens with one attached hydrogen (secondary N) is 1. The molecule has 2 rings (SSSR count). The van der Waals surface area contributed by atoms with Crippen molar-refractivity contribution in [3.8, 4) is 5.75 Å². The number of methoxy groups -OCH3 is 1. The van der Waals surface area contributed by atoms with Crippen molar-refractivity contribution >= 4 is 11.8 Å². The normalized spacial score (nSPS) is 16.5. The molecule has 0 amide bonds. The first-order valence-electron chi connectivity index (χ1n) is 7.39. The molecule has 1 fully saturated rings. The number of para-hydroxylation sites is 1. The van der Waals surface area contributed by atoms with Crippen molar-refractivity contribution in [1.29, 1.82) is 0 Å². The lowest BCUT2D eigenvalue weighted by atomic mass is 9.95. The van der Waals surface area contributed by atoms with Crippen LogP contribution in [0, 0.1) is 0 Å². The van der Waals surface area contributed by atoms with Crippen molar-refractivity contribution in [2.45, 2.75) is 49.5 Å². The molecular weight excluding hydrogens is 254 g/mol. The number of hydrogen-bond donors (Lipinski definition) is 1. The van der Waals surface area contributed by atoms with Crippen LogP contribution in [0.3, 0.4) is 0 Å². The van der Waals surface area contributed by atoms with Gasteiger partial charge in [0.05, 0.1) is 7.11 Å². The van der Waals surface area contributed by atoms with Gasteiger partial charge in [0.2, 0.25) is 0 Å². The second-order valence-electron chi connectivity index (χ2n) is 5.14. The third-order valence-corrected chi connectivity index (χ3v) is 4.83. The highest BCUT2D eigenvalue weighted by Crippen LogP contribution is 2.28. The van der Waals surface area contributed by atoms with Crippen molar-refractivity contribution in [2.75, 3.05) is 19.4 Å². The second-order valence-corrected chi connectivity index (χ2v) is 6.28. The van der Waals surface area contributed by atoms with Gasteiger partial charge in [-0.05, 0) is 43.7 Å². The van der Waals surface area contributed by atoms with E-state index in [4.69, 9.17) is 4.74 Å². The van der Waals surface area contributed by atoms with Crippen LogP contribution >= 0.6 is 11.8 Å². The molecule has 1 aliphatic carbocycles. The van der Waals surface area contributed by atoms with Crippen LogP contribution in [0.2, 0.25) is 0 Å². The van der Waals surface area contributed by atoms with E-state index in [1.807, 2.05) is 23.9 Å². The predicted octanol–water partition coefficient (Wildman–Crippen LogP) is 4.10. The Bertz CT molecular complexity index is 364. The topological polar surface area (TPSA) is 21.3 Å². The molecule has 0 aromatic heterocycles. The lowest BCUT2D eigenvalue weighted by molar-refractivity contribution is 0.374. The second kappa shape index (κ2) is 8.49. The molecule has 106 valence electrons. The van der Waals surface area contributed by atoms with E-state index in [-0.39, 0.29) is 0 Å². The highest BCUT2D eigenvalue weighted by Gasteiger charge is 2.11. The van der Waals surface area contributed by atoms with Gasteiger partial charge in [-0.25, -0.2) is 0 Å². The van der Waals surface area contributed by atoms with Crippen LogP contribution in [0.1, 0.15) is 38.5 Å². The van der Waals surface area contributed by atoms with E-state index in [0.29, 0.717) is 0 Å². The molecule has 1 N–H and O–H groups in total. The summed E-state index contributed by atoms with van der Waals surface area (Å²) in [4.78, 5) is 1.25. The van der Waals surface area contributed by atoms with Crippen LogP contribution in [0.5, 0.6) is 5.75 Å². The molecule has 2 nitrogen and oxygen atoms in total. The first-order valence-corrected chi connectivity index (χ1v) is 8.38. The zero-order chi connectivity index (χ0) is 13.3. The van der Waals surface area contributed by atoms with Crippen molar-refractivity contribution in [3.63, 3.8) is 0 Å². The first kappa shape index (κ1) is 14.7. The Kier molecular flexibility index (Phi) is 6.58. The van der Waals surface area contributed by atoms with Crippen LogP contribution in [0.25, 0.3) is 0 Å². The summed E-state index contributed by atoms with van der Waals surface area (Å²) in [5.41, 5.74) is 0. The van der Waals surface area contributed by atoms with Gasteiger partial charge < -0.3 is 10.1 Å². The van der Waals surface area contributed by atoms with Crippen LogP contribution in [0.15, 0.2) is 29.2 Å². The average molecular weight is 279 g/mol. The molecule has 0 atom stereocenters. The monoisotopic (exact) mass is 279 g/mol. The van der Waals surface area contributed by atoms with Gasteiger partial charge in [-0.2, -0.15) is 0 Å². The SMILES string of the molecule is COc1ccccc1SCCCNC1CCCCC1. The summed E-state index contributed by atoms with van der Waals surface area (Å²) in [6.45, 7) is 1.15.